The highest BCUT2D eigenvalue weighted by molar-refractivity contribution is 7.89. The summed E-state index contributed by atoms with van der Waals surface area (Å²) in [6.07, 6.45) is 0.844. The van der Waals surface area contributed by atoms with E-state index < -0.39 is 15.8 Å². The van der Waals surface area contributed by atoms with E-state index in [4.69, 9.17) is 5.73 Å². The second kappa shape index (κ2) is 5.09. The molecule has 2 N–H and O–H groups in total. The van der Waals surface area contributed by atoms with E-state index in [1.54, 1.807) is 0 Å². The minimum atomic E-state index is -3.57. The van der Waals surface area contributed by atoms with Gasteiger partial charge in [-0.05, 0) is 36.5 Å². The molecule has 106 valence electrons. The summed E-state index contributed by atoms with van der Waals surface area (Å²) in [5, 5.41) is 0. The molecular formula is C13H19FN2O2S. The SMILES string of the molecule is CC1CCN(S(=O)(=O)c2ccc(F)c(N)c2)CC1C. The number of hydrogen-bond acceptors (Lipinski definition) is 3. The molecule has 0 aromatic heterocycles. The van der Waals surface area contributed by atoms with Gasteiger partial charge in [0.15, 0.2) is 0 Å². The summed E-state index contributed by atoms with van der Waals surface area (Å²) in [6, 6.07) is 3.55. The Bertz CT molecular complexity index is 574. The summed E-state index contributed by atoms with van der Waals surface area (Å²) in [7, 11) is -3.57. The zero-order valence-electron chi connectivity index (χ0n) is 11.1. The van der Waals surface area contributed by atoms with Gasteiger partial charge in [-0.15, -0.1) is 0 Å². The van der Waals surface area contributed by atoms with Crippen molar-refractivity contribution >= 4 is 15.7 Å². The van der Waals surface area contributed by atoms with Gasteiger partial charge in [-0.25, -0.2) is 12.8 Å². The molecule has 0 aliphatic carbocycles. The number of rotatable bonds is 2. The van der Waals surface area contributed by atoms with Crippen molar-refractivity contribution in [3.8, 4) is 0 Å². The minimum absolute atomic E-state index is 0.0631. The van der Waals surface area contributed by atoms with Crippen LogP contribution in [0.2, 0.25) is 0 Å². The number of anilines is 1. The first-order valence-corrected chi connectivity index (χ1v) is 7.81. The molecule has 1 aliphatic rings. The van der Waals surface area contributed by atoms with Crippen LogP contribution in [0.15, 0.2) is 23.1 Å². The van der Waals surface area contributed by atoms with Gasteiger partial charge < -0.3 is 5.73 Å². The van der Waals surface area contributed by atoms with E-state index in [0.717, 1.165) is 12.5 Å². The van der Waals surface area contributed by atoms with Crippen LogP contribution in [-0.4, -0.2) is 25.8 Å². The average Bonchev–Trinajstić information content (AvgIpc) is 2.35. The molecule has 1 heterocycles. The Morgan fingerprint density at radius 2 is 2.00 bits per heavy atom. The molecule has 1 aromatic carbocycles. The molecule has 6 heteroatoms. The molecule has 0 saturated carbocycles. The molecular weight excluding hydrogens is 267 g/mol. The Labute approximate surface area is 113 Å². The molecule has 1 aromatic rings. The van der Waals surface area contributed by atoms with Crippen LogP contribution in [0.1, 0.15) is 20.3 Å². The van der Waals surface area contributed by atoms with E-state index in [1.165, 1.54) is 16.4 Å². The summed E-state index contributed by atoms with van der Waals surface area (Å²) < 4.78 is 39.5. The van der Waals surface area contributed by atoms with Gasteiger partial charge in [-0.1, -0.05) is 13.8 Å². The fourth-order valence-electron chi connectivity index (χ4n) is 2.27. The van der Waals surface area contributed by atoms with Crippen molar-refractivity contribution < 1.29 is 12.8 Å². The maximum absolute atomic E-state index is 13.1. The molecule has 4 nitrogen and oxygen atoms in total. The van der Waals surface area contributed by atoms with Gasteiger partial charge in [-0.3, -0.25) is 0 Å². The summed E-state index contributed by atoms with van der Waals surface area (Å²) in [4.78, 5) is 0.0631. The number of nitrogens with zero attached hydrogens (tertiary/aromatic N) is 1. The number of halogens is 1. The molecule has 2 unspecified atom stereocenters. The third kappa shape index (κ3) is 2.74. The monoisotopic (exact) mass is 286 g/mol. The van der Waals surface area contributed by atoms with Crippen LogP contribution in [0.4, 0.5) is 10.1 Å². The molecule has 2 rings (SSSR count). The smallest absolute Gasteiger partial charge is 0.243 e. The Balaban J connectivity index is 2.29. The summed E-state index contributed by atoms with van der Waals surface area (Å²) >= 11 is 0. The van der Waals surface area contributed by atoms with Crippen molar-refractivity contribution in [2.75, 3.05) is 18.8 Å². The second-order valence-corrected chi connectivity index (χ2v) is 7.23. The highest BCUT2D eigenvalue weighted by Crippen LogP contribution is 2.28. The van der Waals surface area contributed by atoms with Gasteiger partial charge in [0.1, 0.15) is 5.82 Å². The Kier molecular flexibility index (Phi) is 3.82. The van der Waals surface area contributed by atoms with Crippen molar-refractivity contribution in [3.63, 3.8) is 0 Å². The normalized spacial score (nSPS) is 25.4. The van der Waals surface area contributed by atoms with Crippen LogP contribution in [0.5, 0.6) is 0 Å². The number of nitrogens with two attached hydrogens (primary N) is 1. The lowest BCUT2D eigenvalue weighted by atomic mass is 9.90. The zero-order chi connectivity index (χ0) is 14.2. The molecule has 0 spiro atoms. The van der Waals surface area contributed by atoms with Crippen LogP contribution in [-0.2, 0) is 10.0 Å². The fourth-order valence-corrected chi connectivity index (χ4v) is 3.87. The first-order valence-electron chi connectivity index (χ1n) is 6.37. The first kappa shape index (κ1) is 14.3. The largest absolute Gasteiger partial charge is 0.396 e. The third-order valence-corrected chi connectivity index (χ3v) is 5.76. The molecule has 0 amide bonds. The lowest BCUT2D eigenvalue weighted by Gasteiger charge is -2.34. The number of nitrogen functional groups attached to an aromatic ring is 1. The molecule has 1 aliphatic heterocycles. The predicted octanol–water partition coefficient (Wildman–Crippen LogP) is 2.07. The van der Waals surface area contributed by atoms with Crippen LogP contribution >= 0.6 is 0 Å². The Morgan fingerprint density at radius 1 is 1.32 bits per heavy atom. The van der Waals surface area contributed by atoms with Gasteiger partial charge in [0.25, 0.3) is 0 Å². The van der Waals surface area contributed by atoms with E-state index in [9.17, 15) is 12.8 Å². The number of benzene rings is 1. The van der Waals surface area contributed by atoms with Crippen LogP contribution in [0.3, 0.4) is 0 Å². The number of sulfonamides is 1. The van der Waals surface area contributed by atoms with Gasteiger partial charge >= 0.3 is 0 Å². The topological polar surface area (TPSA) is 63.4 Å². The van der Waals surface area contributed by atoms with Crippen molar-refractivity contribution in [2.24, 2.45) is 11.8 Å². The first-order chi connectivity index (χ1) is 8.82. The highest BCUT2D eigenvalue weighted by atomic mass is 32.2. The van der Waals surface area contributed by atoms with Gasteiger partial charge in [0.2, 0.25) is 10.0 Å². The zero-order valence-corrected chi connectivity index (χ0v) is 12.0. The van der Waals surface area contributed by atoms with Crippen molar-refractivity contribution in [1.29, 1.82) is 0 Å². The van der Waals surface area contributed by atoms with E-state index in [-0.39, 0.29) is 10.6 Å². The highest BCUT2D eigenvalue weighted by Gasteiger charge is 2.31. The predicted molar refractivity (Wildman–Crippen MR) is 72.5 cm³/mol. The van der Waals surface area contributed by atoms with Crippen LogP contribution in [0, 0.1) is 17.7 Å². The van der Waals surface area contributed by atoms with E-state index >= 15 is 0 Å². The lowest BCUT2D eigenvalue weighted by molar-refractivity contribution is 0.212. The van der Waals surface area contributed by atoms with Crippen molar-refractivity contribution in [3.05, 3.63) is 24.0 Å². The Hall–Kier alpha value is -1.14. The van der Waals surface area contributed by atoms with Crippen LogP contribution < -0.4 is 5.73 Å². The van der Waals surface area contributed by atoms with E-state index in [0.29, 0.717) is 24.9 Å². The maximum atomic E-state index is 13.1. The average molecular weight is 286 g/mol. The molecule has 1 fully saturated rings. The summed E-state index contributed by atoms with van der Waals surface area (Å²) in [6.45, 7) is 5.18. The molecule has 0 radical (unpaired) electrons. The third-order valence-electron chi connectivity index (χ3n) is 3.90. The molecule has 1 saturated heterocycles. The second-order valence-electron chi connectivity index (χ2n) is 5.29. The summed E-state index contributed by atoms with van der Waals surface area (Å²) in [5.41, 5.74) is 5.30. The fraction of sp³-hybridized carbons (Fsp3) is 0.538. The van der Waals surface area contributed by atoms with Gasteiger partial charge in [-0.2, -0.15) is 4.31 Å². The van der Waals surface area contributed by atoms with Crippen LogP contribution in [0.25, 0.3) is 0 Å². The van der Waals surface area contributed by atoms with Crippen molar-refractivity contribution in [2.45, 2.75) is 25.2 Å². The van der Waals surface area contributed by atoms with E-state index in [2.05, 4.69) is 6.92 Å². The summed E-state index contributed by atoms with van der Waals surface area (Å²) in [5.74, 6) is 0.241. The number of hydrogen-bond donors (Lipinski definition) is 1. The Morgan fingerprint density at radius 3 is 2.58 bits per heavy atom. The minimum Gasteiger partial charge on any atom is -0.396 e. The van der Waals surface area contributed by atoms with E-state index in [1.807, 2.05) is 6.92 Å². The van der Waals surface area contributed by atoms with Crippen molar-refractivity contribution in [1.82, 2.24) is 4.31 Å². The molecule has 2 atom stereocenters. The molecule has 0 bridgehead atoms. The van der Waals surface area contributed by atoms with Gasteiger partial charge in [0, 0.05) is 13.1 Å². The lowest BCUT2D eigenvalue weighted by Crippen LogP contribution is -2.42. The van der Waals surface area contributed by atoms with Gasteiger partial charge in [0.05, 0.1) is 10.6 Å². The maximum Gasteiger partial charge on any atom is 0.243 e. The number of piperidine rings is 1. The standard InChI is InChI=1S/C13H19FN2O2S/c1-9-5-6-16(8-10(9)2)19(17,18)11-3-4-12(14)13(15)7-11/h3-4,7,9-10H,5-6,8,15H2,1-2H3. The molecule has 19 heavy (non-hydrogen) atoms. The quantitative estimate of drug-likeness (QED) is 0.847.